The highest BCUT2D eigenvalue weighted by molar-refractivity contribution is 5.85. The Hall–Kier alpha value is -1.70. The molecule has 31 heavy (non-hydrogen) atoms. The summed E-state index contributed by atoms with van der Waals surface area (Å²) in [5.74, 6) is 1.99. The highest BCUT2D eigenvalue weighted by atomic mass is 19.1. The first-order valence-corrected chi connectivity index (χ1v) is 12.6. The van der Waals surface area contributed by atoms with E-state index in [2.05, 4.69) is 13.0 Å². The zero-order valence-electron chi connectivity index (χ0n) is 19.3. The molecule has 2 fully saturated rings. The predicted molar refractivity (Wildman–Crippen MR) is 127 cm³/mol. The third-order valence-corrected chi connectivity index (χ3v) is 8.06. The molecule has 0 aromatic heterocycles. The van der Waals surface area contributed by atoms with Crippen LogP contribution in [0.1, 0.15) is 95.1 Å². The van der Waals surface area contributed by atoms with Crippen LogP contribution in [0, 0.1) is 29.4 Å². The summed E-state index contributed by atoms with van der Waals surface area (Å²) in [5.41, 5.74) is 1.69. The van der Waals surface area contributed by atoms with Crippen LogP contribution in [0.15, 0.2) is 36.4 Å². The van der Waals surface area contributed by atoms with Crippen LogP contribution in [-0.2, 0) is 6.42 Å². The van der Waals surface area contributed by atoms with E-state index in [1.54, 1.807) is 0 Å². The Bertz CT molecular complexity index is 913. The van der Waals surface area contributed by atoms with Gasteiger partial charge in [0.25, 0.3) is 0 Å². The van der Waals surface area contributed by atoms with Crippen LogP contribution in [0.3, 0.4) is 0 Å². The Morgan fingerprint density at radius 1 is 1.00 bits per heavy atom. The van der Waals surface area contributed by atoms with Gasteiger partial charge in [-0.05, 0) is 98.1 Å². The second-order valence-electron chi connectivity index (χ2n) is 10.1. The molecule has 2 aliphatic carbocycles. The van der Waals surface area contributed by atoms with Crippen molar-refractivity contribution in [3.05, 3.63) is 59.2 Å². The maximum absolute atomic E-state index is 15.5. The average molecular weight is 425 g/mol. The van der Waals surface area contributed by atoms with Gasteiger partial charge in [-0.25, -0.2) is 8.78 Å². The van der Waals surface area contributed by atoms with Crippen molar-refractivity contribution in [2.24, 2.45) is 17.8 Å². The first-order chi connectivity index (χ1) is 15.1. The number of benzene rings is 2. The molecule has 4 unspecified atom stereocenters. The van der Waals surface area contributed by atoms with Crippen LogP contribution in [0.2, 0.25) is 0 Å². The first-order valence-electron chi connectivity index (χ1n) is 12.6. The van der Waals surface area contributed by atoms with Crippen molar-refractivity contribution in [1.82, 2.24) is 0 Å². The number of hydrogen-bond acceptors (Lipinski definition) is 0. The van der Waals surface area contributed by atoms with Gasteiger partial charge < -0.3 is 0 Å². The van der Waals surface area contributed by atoms with Gasteiger partial charge in [-0.15, -0.1) is 0 Å². The van der Waals surface area contributed by atoms with Gasteiger partial charge in [-0.1, -0.05) is 63.0 Å². The monoisotopic (exact) mass is 424 g/mol. The summed E-state index contributed by atoms with van der Waals surface area (Å²) in [5, 5.41) is 0.888. The van der Waals surface area contributed by atoms with E-state index >= 15 is 4.39 Å². The fourth-order valence-electron chi connectivity index (χ4n) is 6.35. The second kappa shape index (κ2) is 10.3. The molecular weight excluding hydrogens is 386 g/mol. The topological polar surface area (TPSA) is 0 Å². The lowest BCUT2D eigenvalue weighted by Crippen LogP contribution is -2.30. The summed E-state index contributed by atoms with van der Waals surface area (Å²) < 4.78 is 30.4. The second-order valence-corrected chi connectivity index (χ2v) is 10.1. The molecule has 0 amide bonds. The van der Waals surface area contributed by atoms with Crippen molar-refractivity contribution in [2.45, 2.75) is 90.4 Å². The van der Waals surface area contributed by atoms with Crippen LogP contribution in [0.5, 0.6) is 0 Å². The van der Waals surface area contributed by atoms with Gasteiger partial charge >= 0.3 is 0 Å². The molecule has 0 nitrogen and oxygen atoms in total. The van der Waals surface area contributed by atoms with Gasteiger partial charge in [0.05, 0.1) is 5.39 Å². The minimum absolute atomic E-state index is 0.192. The largest absolute Gasteiger partial charge is 0.206 e. The van der Waals surface area contributed by atoms with E-state index in [0.29, 0.717) is 5.39 Å². The molecule has 0 spiro atoms. The Balaban J connectivity index is 1.49. The minimum atomic E-state index is -0.405. The zero-order valence-corrected chi connectivity index (χ0v) is 19.3. The van der Waals surface area contributed by atoms with Crippen LogP contribution < -0.4 is 0 Å². The standard InChI is InChI=1S/C29H38F2/c1-3-5-7-9-21-17-25-14-15-26(29(31)28(25)27(30)18-21)24-13-12-22-16-20(8-6-4-2)10-11-23(22)19-24/h3,5,14-15,17-18,20,22-24H,4,6-13,16,19H2,1-2H3. The predicted octanol–water partition coefficient (Wildman–Crippen LogP) is 9.12. The van der Waals surface area contributed by atoms with Crippen molar-refractivity contribution in [3.8, 4) is 0 Å². The number of aryl methyl sites for hydroxylation is 1. The molecule has 2 aliphatic rings. The van der Waals surface area contributed by atoms with E-state index < -0.39 is 5.82 Å². The molecule has 2 aromatic carbocycles. The molecule has 4 rings (SSSR count). The number of allylic oxidation sites excluding steroid dienone is 2. The first kappa shape index (κ1) is 22.5. The molecule has 0 saturated heterocycles. The van der Waals surface area contributed by atoms with Crippen LogP contribution >= 0.6 is 0 Å². The molecule has 2 heteroatoms. The van der Waals surface area contributed by atoms with Gasteiger partial charge in [0.15, 0.2) is 0 Å². The normalized spacial score (nSPS) is 26.5. The van der Waals surface area contributed by atoms with Gasteiger partial charge in [0.2, 0.25) is 0 Å². The van der Waals surface area contributed by atoms with Crippen molar-refractivity contribution in [1.29, 1.82) is 0 Å². The third kappa shape index (κ3) is 5.04. The zero-order chi connectivity index (χ0) is 21.8. The summed E-state index contributed by atoms with van der Waals surface area (Å²) in [7, 11) is 0. The highest BCUT2D eigenvalue weighted by Gasteiger charge is 2.36. The van der Waals surface area contributed by atoms with E-state index in [1.165, 1.54) is 51.0 Å². The molecule has 168 valence electrons. The van der Waals surface area contributed by atoms with Crippen LogP contribution in [0.4, 0.5) is 8.78 Å². The fourth-order valence-corrected chi connectivity index (χ4v) is 6.35. The molecule has 2 saturated carbocycles. The number of rotatable bonds is 7. The molecule has 0 heterocycles. The summed E-state index contributed by atoms with van der Waals surface area (Å²) >= 11 is 0. The number of hydrogen-bond donors (Lipinski definition) is 0. The van der Waals surface area contributed by atoms with Crippen molar-refractivity contribution in [2.75, 3.05) is 0 Å². The average Bonchev–Trinajstić information content (AvgIpc) is 2.77. The summed E-state index contributed by atoms with van der Waals surface area (Å²) in [4.78, 5) is 0. The SMILES string of the molecule is CC=CCCc1cc(F)c2c(F)c(C3CCC4CC(CCCC)CCC4C3)ccc2c1. The quantitative estimate of drug-likeness (QED) is 0.389. The summed E-state index contributed by atoms with van der Waals surface area (Å²) in [6, 6.07) is 7.39. The molecule has 4 atom stereocenters. The van der Waals surface area contributed by atoms with Crippen molar-refractivity contribution in [3.63, 3.8) is 0 Å². The van der Waals surface area contributed by atoms with Gasteiger partial charge in [-0.3, -0.25) is 0 Å². The van der Waals surface area contributed by atoms with Gasteiger partial charge in [0.1, 0.15) is 11.6 Å². The van der Waals surface area contributed by atoms with Crippen LogP contribution in [-0.4, -0.2) is 0 Å². The van der Waals surface area contributed by atoms with Gasteiger partial charge in [-0.2, -0.15) is 0 Å². The summed E-state index contributed by atoms with van der Waals surface area (Å²) in [6.07, 6.45) is 17.2. The highest BCUT2D eigenvalue weighted by Crippen LogP contribution is 2.49. The Morgan fingerprint density at radius 2 is 1.81 bits per heavy atom. The lowest BCUT2D eigenvalue weighted by Gasteiger charge is -2.42. The van der Waals surface area contributed by atoms with E-state index in [-0.39, 0.29) is 17.1 Å². The minimum Gasteiger partial charge on any atom is -0.206 e. The van der Waals surface area contributed by atoms with E-state index in [4.69, 9.17) is 0 Å². The lowest BCUT2D eigenvalue weighted by atomic mass is 9.63. The Kier molecular flexibility index (Phi) is 7.46. The molecule has 0 N–H and O–H groups in total. The lowest BCUT2D eigenvalue weighted by molar-refractivity contribution is 0.113. The fraction of sp³-hybridized carbons (Fsp3) is 0.586. The van der Waals surface area contributed by atoms with Crippen molar-refractivity contribution < 1.29 is 8.78 Å². The van der Waals surface area contributed by atoms with Crippen molar-refractivity contribution >= 4 is 10.8 Å². The smallest absolute Gasteiger partial charge is 0.137 e. The molecule has 0 bridgehead atoms. The maximum Gasteiger partial charge on any atom is 0.137 e. The third-order valence-electron chi connectivity index (χ3n) is 8.06. The Morgan fingerprint density at radius 3 is 2.61 bits per heavy atom. The molecule has 0 radical (unpaired) electrons. The van der Waals surface area contributed by atoms with E-state index in [9.17, 15) is 4.39 Å². The van der Waals surface area contributed by atoms with Crippen LogP contribution in [0.25, 0.3) is 10.8 Å². The molecule has 2 aromatic rings. The molecular formula is C29H38F2. The van der Waals surface area contributed by atoms with E-state index in [0.717, 1.165) is 54.6 Å². The van der Waals surface area contributed by atoms with Gasteiger partial charge in [0, 0.05) is 0 Å². The van der Waals surface area contributed by atoms with E-state index in [1.807, 2.05) is 31.2 Å². The number of halogens is 2. The maximum atomic E-state index is 15.5. The summed E-state index contributed by atoms with van der Waals surface area (Å²) in [6.45, 7) is 4.27. The number of fused-ring (bicyclic) bond motifs is 2. The number of unbranched alkanes of at least 4 members (excludes halogenated alkanes) is 1. The Labute approximate surface area is 187 Å². The molecule has 0 aliphatic heterocycles.